The molecule has 2 amide bonds. The SMILES string of the molecule is O=C(NCC[C@@H]1CC[C@@H](NC(=O)C2CCOCC2)[C@H](CO)O1)c1cc(Cl)cc(Cl)c1. The zero-order valence-electron chi connectivity index (χ0n) is 16.7. The van der Waals surface area contributed by atoms with E-state index in [1.54, 1.807) is 18.2 Å². The molecule has 166 valence electrons. The largest absolute Gasteiger partial charge is 0.394 e. The van der Waals surface area contributed by atoms with Crippen LogP contribution in [0.4, 0.5) is 0 Å². The monoisotopic (exact) mass is 458 g/mol. The van der Waals surface area contributed by atoms with E-state index < -0.39 is 6.10 Å². The Hall–Kier alpha value is -1.38. The zero-order chi connectivity index (χ0) is 21.5. The van der Waals surface area contributed by atoms with Crippen molar-refractivity contribution in [3.8, 4) is 0 Å². The molecule has 0 bridgehead atoms. The molecule has 1 aromatic rings. The summed E-state index contributed by atoms with van der Waals surface area (Å²) >= 11 is 11.9. The van der Waals surface area contributed by atoms with Crippen molar-refractivity contribution in [2.75, 3.05) is 26.4 Å². The summed E-state index contributed by atoms with van der Waals surface area (Å²) in [6.45, 7) is 1.48. The molecule has 1 aromatic carbocycles. The van der Waals surface area contributed by atoms with Crippen LogP contribution in [0.25, 0.3) is 0 Å². The summed E-state index contributed by atoms with van der Waals surface area (Å²) in [5.41, 5.74) is 0.404. The first-order valence-electron chi connectivity index (χ1n) is 10.3. The Morgan fingerprint density at radius 3 is 2.43 bits per heavy atom. The van der Waals surface area contributed by atoms with E-state index in [1.807, 2.05) is 0 Å². The zero-order valence-corrected chi connectivity index (χ0v) is 18.3. The third-order valence-corrected chi connectivity index (χ3v) is 6.03. The Kier molecular flexibility index (Phi) is 8.77. The summed E-state index contributed by atoms with van der Waals surface area (Å²) in [5, 5.41) is 16.4. The van der Waals surface area contributed by atoms with Crippen LogP contribution in [-0.4, -0.2) is 61.5 Å². The van der Waals surface area contributed by atoms with Crippen LogP contribution in [0.3, 0.4) is 0 Å². The van der Waals surface area contributed by atoms with Crippen molar-refractivity contribution < 1.29 is 24.2 Å². The van der Waals surface area contributed by atoms with Crippen molar-refractivity contribution in [2.45, 2.75) is 50.4 Å². The predicted molar refractivity (Wildman–Crippen MR) is 114 cm³/mol. The molecule has 2 saturated heterocycles. The number of halogens is 2. The van der Waals surface area contributed by atoms with E-state index in [0.29, 0.717) is 41.8 Å². The molecule has 0 spiro atoms. The van der Waals surface area contributed by atoms with E-state index in [1.165, 1.54) is 0 Å². The van der Waals surface area contributed by atoms with Gasteiger partial charge >= 0.3 is 0 Å². The van der Waals surface area contributed by atoms with Crippen LogP contribution in [0, 0.1) is 5.92 Å². The number of amides is 2. The fourth-order valence-corrected chi connectivity index (χ4v) is 4.43. The van der Waals surface area contributed by atoms with Gasteiger partial charge in [-0.1, -0.05) is 23.2 Å². The first-order valence-corrected chi connectivity index (χ1v) is 11.1. The summed E-state index contributed by atoms with van der Waals surface area (Å²) in [7, 11) is 0. The van der Waals surface area contributed by atoms with Crippen molar-refractivity contribution in [1.82, 2.24) is 10.6 Å². The van der Waals surface area contributed by atoms with Gasteiger partial charge in [-0.15, -0.1) is 0 Å². The number of hydrogen-bond donors (Lipinski definition) is 3. The maximum absolute atomic E-state index is 12.5. The number of carbonyl (C=O) groups is 2. The highest BCUT2D eigenvalue weighted by molar-refractivity contribution is 6.35. The number of hydrogen-bond acceptors (Lipinski definition) is 5. The number of aliphatic hydroxyl groups excluding tert-OH is 1. The van der Waals surface area contributed by atoms with E-state index in [0.717, 1.165) is 25.7 Å². The van der Waals surface area contributed by atoms with Gasteiger partial charge in [0.1, 0.15) is 6.10 Å². The Bertz CT molecular complexity index is 722. The Balaban J connectivity index is 1.43. The molecule has 0 unspecified atom stereocenters. The summed E-state index contributed by atoms with van der Waals surface area (Å²) in [5.74, 6) is -0.280. The second-order valence-electron chi connectivity index (χ2n) is 7.76. The van der Waals surface area contributed by atoms with Gasteiger partial charge in [0.05, 0.1) is 18.8 Å². The summed E-state index contributed by atoms with van der Waals surface area (Å²) < 4.78 is 11.3. The molecule has 0 saturated carbocycles. The molecule has 0 aromatic heterocycles. The molecule has 3 N–H and O–H groups in total. The van der Waals surface area contributed by atoms with E-state index in [4.69, 9.17) is 32.7 Å². The standard InChI is InChI=1S/C21H28Cl2N2O5/c22-15-9-14(10-16(23)11-15)20(27)24-6-3-17-1-2-18(19(12-26)30-17)25-21(28)13-4-7-29-8-5-13/h9-11,13,17-19,26H,1-8,12H2,(H,24,27)(H,25,28)/t17-,18+,19-/m0/s1. The molecule has 2 heterocycles. The molecular formula is C21H28Cl2N2O5. The minimum Gasteiger partial charge on any atom is -0.394 e. The Morgan fingerprint density at radius 1 is 1.07 bits per heavy atom. The maximum atomic E-state index is 12.5. The smallest absolute Gasteiger partial charge is 0.251 e. The van der Waals surface area contributed by atoms with E-state index >= 15 is 0 Å². The molecule has 3 rings (SSSR count). The van der Waals surface area contributed by atoms with Crippen molar-refractivity contribution >= 4 is 35.0 Å². The fraction of sp³-hybridized carbons (Fsp3) is 0.619. The van der Waals surface area contributed by atoms with Crippen LogP contribution in [0.15, 0.2) is 18.2 Å². The van der Waals surface area contributed by atoms with Gasteiger partial charge in [0.25, 0.3) is 5.91 Å². The van der Waals surface area contributed by atoms with E-state index in [2.05, 4.69) is 10.6 Å². The van der Waals surface area contributed by atoms with E-state index in [9.17, 15) is 14.7 Å². The number of carbonyl (C=O) groups excluding carboxylic acids is 2. The van der Waals surface area contributed by atoms with Crippen LogP contribution in [0.1, 0.15) is 42.5 Å². The average molecular weight is 459 g/mol. The topological polar surface area (TPSA) is 96.9 Å². The van der Waals surface area contributed by atoms with Gasteiger partial charge in [0.2, 0.25) is 5.91 Å². The molecule has 2 fully saturated rings. The molecule has 30 heavy (non-hydrogen) atoms. The lowest BCUT2D eigenvalue weighted by atomic mass is 9.94. The van der Waals surface area contributed by atoms with Gasteiger partial charge < -0.3 is 25.2 Å². The van der Waals surface area contributed by atoms with Crippen molar-refractivity contribution in [1.29, 1.82) is 0 Å². The normalized spacial score (nSPS) is 25.0. The molecular weight excluding hydrogens is 431 g/mol. The molecule has 9 heteroatoms. The number of rotatable bonds is 7. The van der Waals surface area contributed by atoms with Crippen LogP contribution >= 0.6 is 23.2 Å². The lowest BCUT2D eigenvalue weighted by Crippen LogP contribution is -2.52. The average Bonchev–Trinajstić information content (AvgIpc) is 2.74. The van der Waals surface area contributed by atoms with Crippen molar-refractivity contribution in [3.05, 3.63) is 33.8 Å². The molecule has 3 atom stereocenters. The first kappa shape index (κ1) is 23.3. The van der Waals surface area contributed by atoms with Gasteiger partial charge in [-0.25, -0.2) is 0 Å². The molecule has 2 aliphatic heterocycles. The summed E-state index contributed by atoms with van der Waals surface area (Å²) in [6, 6.07) is 4.49. The highest BCUT2D eigenvalue weighted by atomic mass is 35.5. The quantitative estimate of drug-likeness (QED) is 0.583. The minimum atomic E-state index is -0.449. The lowest BCUT2D eigenvalue weighted by molar-refractivity contribution is -0.134. The predicted octanol–water partition coefficient (Wildman–Crippen LogP) is 2.56. The van der Waals surface area contributed by atoms with Crippen LogP contribution < -0.4 is 10.6 Å². The number of ether oxygens (including phenoxy) is 2. The van der Waals surface area contributed by atoms with E-state index in [-0.39, 0.29) is 36.5 Å². The first-order chi connectivity index (χ1) is 14.5. The van der Waals surface area contributed by atoms with Gasteiger partial charge in [0, 0.05) is 41.3 Å². The second kappa shape index (κ2) is 11.3. The Morgan fingerprint density at radius 2 is 1.77 bits per heavy atom. The van der Waals surface area contributed by atoms with Gasteiger partial charge in [0.15, 0.2) is 0 Å². The summed E-state index contributed by atoms with van der Waals surface area (Å²) in [6.07, 6.45) is 2.98. The minimum absolute atomic E-state index is 0.0104. The van der Waals surface area contributed by atoms with Gasteiger partial charge in [-0.2, -0.15) is 0 Å². The summed E-state index contributed by atoms with van der Waals surface area (Å²) in [4.78, 5) is 24.7. The van der Waals surface area contributed by atoms with Gasteiger partial charge in [-0.05, 0) is 50.3 Å². The highest BCUT2D eigenvalue weighted by Gasteiger charge is 2.33. The molecule has 7 nitrogen and oxygen atoms in total. The molecule has 2 aliphatic rings. The van der Waals surface area contributed by atoms with Crippen molar-refractivity contribution in [3.63, 3.8) is 0 Å². The third kappa shape index (κ3) is 6.56. The van der Waals surface area contributed by atoms with Crippen LogP contribution in [0.5, 0.6) is 0 Å². The molecule has 0 radical (unpaired) electrons. The third-order valence-electron chi connectivity index (χ3n) is 5.59. The molecule has 0 aliphatic carbocycles. The Labute approximate surface area is 186 Å². The number of nitrogens with one attached hydrogen (secondary N) is 2. The number of benzene rings is 1. The maximum Gasteiger partial charge on any atom is 0.251 e. The van der Waals surface area contributed by atoms with Gasteiger partial charge in [-0.3, -0.25) is 9.59 Å². The van der Waals surface area contributed by atoms with Crippen molar-refractivity contribution in [2.24, 2.45) is 5.92 Å². The second-order valence-corrected chi connectivity index (χ2v) is 8.63. The van der Waals surface area contributed by atoms with Crippen LogP contribution in [-0.2, 0) is 14.3 Å². The fourth-order valence-electron chi connectivity index (χ4n) is 3.90. The number of aliphatic hydroxyl groups is 1. The van der Waals surface area contributed by atoms with Crippen LogP contribution in [0.2, 0.25) is 10.0 Å². The lowest BCUT2D eigenvalue weighted by Gasteiger charge is -2.37. The highest BCUT2D eigenvalue weighted by Crippen LogP contribution is 2.23.